The number of nitrogens with zero attached hydrogens (tertiary/aromatic N) is 1. The SMILES string of the molecule is O=c1c2c([nH]n1Cc1ccc(Cl)cc1)CSC2. The molecule has 3 rings (SSSR count). The molecule has 0 saturated heterocycles. The second-order valence-corrected chi connectivity index (χ2v) is 5.50. The normalized spacial score (nSPS) is 13.9. The van der Waals surface area contributed by atoms with Gasteiger partial charge in [0.1, 0.15) is 0 Å². The summed E-state index contributed by atoms with van der Waals surface area (Å²) in [5.74, 6) is 1.75. The average molecular weight is 267 g/mol. The fourth-order valence-corrected chi connectivity index (χ4v) is 3.15. The highest BCUT2D eigenvalue weighted by Crippen LogP contribution is 2.25. The molecule has 17 heavy (non-hydrogen) atoms. The van der Waals surface area contributed by atoms with Gasteiger partial charge in [0.2, 0.25) is 0 Å². The van der Waals surface area contributed by atoms with Crippen LogP contribution in [0.25, 0.3) is 0 Å². The summed E-state index contributed by atoms with van der Waals surface area (Å²) in [4.78, 5) is 12.0. The number of halogens is 1. The molecule has 0 unspecified atom stereocenters. The van der Waals surface area contributed by atoms with Crippen LogP contribution in [-0.2, 0) is 18.1 Å². The number of fused-ring (bicyclic) bond motifs is 1. The largest absolute Gasteiger partial charge is 0.298 e. The maximum absolute atomic E-state index is 12.0. The Morgan fingerprint density at radius 2 is 2.06 bits per heavy atom. The van der Waals surface area contributed by atoms with E-state index in [1.807, 2.05) is 24.3 Å². The second kappa shape index (κ2) is 4.27. The minimum absolute atomic E-state index is 0.111. The third-order valence-electron chi connectivity index (χ3n) is 2.88. The number of H-pyrrole nitrogens is 1. The van der Waals surface area contributed by atoms with Crippen LogP contribution in [0.3, 0.4) is 0 Å². The molecule has 0 aliphatic carbocycles. The molecular weight excluding hydrogens is 256 g/mol. The van der Waals surface area contributed by atoms with Crippen LogP contribution in [0.1, 0.15) is 16.8 Å². The molecule has 1 aromatic carbocycles. The standard InChI is InChI=1S/C12H11ClN2OS/c13-9-3-1-8(2-4-9)5-15-12(16)10-6-17-7-11(10)14-15/h1-4,14H,5-7H2. The summed E-state index contributed by atoms with van der Waals surface area (Å²) in [6.07, 6.45) is 0. The van der Waals surface area contributed by atoms with Crippen molar-refractivity contribution in [3.05, 3.63) is 56.5 Å². The summed E-state index contributed by atoms with van der Waals surface area (Å²) < 4.78 is 1.67. The highest BCUT2D eigenvalue weighted by Gasteiger charge is 2.19. The monoisotopic (exact) mass is 266 g/mol. The van der Waals surface area contributed by atoms with E-state index in [4.69, 9.17) is 11.6 Å². The van der Waals surface area contributed by atoms with E-state index in [9.17, 15) is 4.79 Å². The van der Waals surface area contributed by atoms with Gasteiger partial charge in [-0.1, -0.05) is 23.7 Å². The Morgan fingerprint density at radius 3 is 2.76 bits per heavy atom. The number of hydrogen-bond acceptors (Lipinski definition) is 2. The van der Waals surface area contributed by atoms with Gasteiger partial charge in [0.05, 0.1) is 17.8 Å². The summed E-state index contributed by atoms with van der Waals surface area (Å²) in [6.45, 7) is 0.577. The number of nitrogens with one attached hydrogen (secondary N) is 1. The van der Waals surface area contributed by atoms with E-state index in [0.29, 0.717) is 11.6 Å². The first-order valence-corrected chi connectivity index (χ1v) is 6.90. The first-order valence-electron chi connectivity index (χ1n) is 5.37. The van der Waals surface area contributed by atoms with Gasteiger partial charge in [0.25, 0.3) is 5.56 Å². The van der Waals surface area contributed by atoms with Crippen molar-refractivity contribution in [2.24, 2.45) is 0 Å². The molecule has 0 atom stereocenters. The Hall–Kier alpha value is -1.13. The summed E-state index contributed by atoms with van der Waals surface area (Å²) in [7, 11) is 0. The molecule has 0 spiro atoms. The van der Waals surface area contributed by atoms with Crippen molar-refractivity contribution in [1.82, 2.24) is 9.78 Å². The Labute approximate surface area is 108 Å². The van der Waals surface area contributed by atoms with Crippen molar-refractivity contribution in [3.63, 3.8) is 0 Å². The molecule has 1 aliphatic heterocycles. The van der Waals surface area contributed by atoms with E-state index in [1.54, 1.807) is 16.4 Å². The number of rotatable bonds is 2. The van der Waals surface area contributed by atoms with E-state index < -0.39 is 0 Å². The Bertz CT molecular complexity index is 600. The zero-order valence-electron chi connectivity index (χ0n) is 9.07. The quantitative estimate of drug-likeness (QED) is 0.907. The molecule has 3 nitrogen and oxygen atoms in total. The fraction of sp³-hybridized carbons (Fsp3) is 0.250. The minimum atomic E-state index is 0.111. The molecule has 0 radical (unpaired) electrons. The molecule has 1 aliphatic rings. The van der Waals surface area contributed by atoms with Gasteiger partial charge in [-0.25, -0.2) is 4.68 Å². The maximum atomic E-state index is 12.0. The second-order valence-electron chi connectivity index (χ2n) is 4.08. The van der Waals surface area contributed by atoms with Crippen LogP contribution in [0.4, 0.5) is 0 Å². The third kappa shape index (κ3) is 2.03. The number of aromatic amines is 1. The van der Waals surface area contributed by atoms with Gasteiger partial charge in [-0.3, -0.25) is 9.89 Å². The molecular formula is C12H11ClN2OS. The van der Waals surface area contributed by atoms with Gasteiger partial charge in [-0.2, -0.15) is 11.8 Å². The minimum Gasteiger partial charge on any atom is -0.298 e. The molecule has 0 bridgehead atoms. The molecule has 0 fully saturated rings. The van der Waals surface area contributed by atoms with Crippen LogP contribution in [0.2, 0.25) is 5.02 Å². The van der Waals surface area contributed by atoms with Gasteiger partial charge in [0, 0.05) is 16.5 Å². The first-order chi connectivity index (χ1) is 8.24. The van der Waals surface area contributed by atoms with Crippen molar-refractivity contribution in [3.8, 4) is 0 Å². The van der Waals surface area contributed by atoms with Crippen LogP contribution < -0.4 is 5.56 Å². The molecule has 0 saturated carbocycles. The van der Waals surface area contributed by atoms with Gasteiger partial charge < -0.3 is 0 Å². The fourth-order valence-electron chi connectivity index (χ4n) is 1.98. The molecule has 0 amide bonds. The van der Waals surface area contributed by atoms with Crippen LogP contribution in [0.5, 0.6) is 0 Å². The van der Waals surface area contributed by atoms with E-state index in [1.165, 1.54) is 0 Å². The smallest absolute Gasteiger partial charge is 0.271 e. The maximum Gasteiger partial charge on any atom is 0.271 e. The first kappa shape index (κ1) is 11.0. The molecule has 88 valence electrons. The zero-order chi connectivity index (χ0) is 11.8. The Morgan fingerprint density at radius 1 is 1.29 bits per heavy atom. The lowest BCUT2D eigenvalue weighted by molar-refractivity contribution is 0.655. The lowest BCUT2D eigenvalue weighted by Gasteiger charge is -2.03. The number of aromatic nitrogens is 2. The number of hydrogen-bond donors (Lipinski definition) is 1. The number of benzene rings is 1. The molecule has 1 aromatic heterocycles. The topological polar surface area (TPSA) is 37.8 Å². The van der Waals surface area contributed by atoms with Gasteiger partial charge in [-0.05, 0) is 17.7 Å². The molecule has 2 heterocycles. The zero-order valence-corrected chi connectivity index (χ0v) is 10.6. The summed E-state index contributed by atoms with van der Waals surface area (Å²) in [5, 5.41) is 3.89. The van der Waals surface area contributed by atoms with Crippen LogP contribution in [-0.4, -0.2) is 9.78 Å². The summed E-state index contributed by atoms with van der Waals surface area (Å²) in [6, 6.07) is 7.56. The predicted molar refractivity (Wildman–Crippen MR) is 70.6 cm³/mol. The summed E-state index contributed by atoms with van der Waals surface area (Å²) in [5.41, 5.74) is 3.20. The van der Waals surface area contributed by atoms with Crippen molar-refractivity contribution in [2.75, 3.05) is 0 Å². The molecule has 5 heteroatoms. The highest BCUT2D eigenvalue weighted by atomic mass is 35.5. The molecule has 2 aromatic rings. The van der Waals surface area contributed by atoms with E-state index in [0.717, 1.165) is 28.3 Å². The van der Waals surface area contributed by atoms with Crippen molar-refractivity contribution >= 4 is 23.4 Å². The van der Waals surface area contributed by atoms with E-state index in [-0.39, 0.29) is 5.56 Å². The van der Waals surface area contributed by atoms with E-state index in [2.05, 4.69) is 5.10 Å². The number of thioether (sulfide) groups is 1. The lowest BCUT2D eigenvalue weighted by atomic mass is 10.2. The van der Waals surface area contributed by atoms with Crippen LogP contribution in [0, 0.1) is 0 Å². The molecule has 1 N–H and O–H groups in total. The van der Waals surface area contributed by atoms with E-state index >= 15 is 0 Å². The average Bonchev–Trinajstić information content (AvgIpc) is 2.87. The van der Waals surface area contributed by atoms with Crippen LogP contribution in [0.15, 0.2) is 29.1 Å². The van der Waals surface area contributed by atoms with Gasteiger partial charge in [-0.15, -0.1) is 0 Å². The van der Waals surface area contributed by atoms with Gasteiger partial charge in [0.15, 0.2) is 0 Å². The Balaban J connectivity index is 1.91. The highest BCUT2D eigenvalue weighted by molar-refractivity contribution is 7.98. The third-order valence-corrected chi connectivity index (χ3v) is 4.12. The van der Waals surface area contributed by atoms with Crippen LogP contribution >= 0.6 is 23.4 Å². The predicted octanol–water partition coefficient (Wildman–Crippen LogP) is 2.62. The summed E-state index contributed by atoms with van der Waals surface area (Å²) >= 11 is 7.61. The van der Waals surface area contributed by atoms with Crippen molar-refractivity contribution < 1.29 is 0 Å². The Kier molecular flexibility index (Phi) is 2.76. The lowest BCUT2D eigenvalue weighted by Crippen LogP contribution is -2.19. The van der Waals surface area contributed by atoms with Gasteiger partial charge >= 0.3 is 0 Å². The van der Waals surface area contributed by atoms with Crippen molar-refractivity contribution in [2.45, 2.75) is 18.1 Å². The van der Waals surface area contributed by atoms with Crippen molar-refractivity contribution in [1.29, 1.82) is 0 Å².